The molecule has 0 aliphatic heterocycles. The van der Waals surface area contributed by atoms with Gasteiger partial charge >= 0.3 is 11.9 Å². The summed E-state index contributed by atoms with van der Waals surface area (Å²) in [7, 11) is 0. The fourth-order valence-electron chi connectivity index (χ4n) is 4.08. The van der Waals surface area contributed by atoms with Crippen LogP contribution < -0.4 is 9.47 Å². The minimum Gasteiger partial charge on any atom is -0.494 e. The van der Waals surface area contributed by atoms with Gasteiger partial charge < -0.3 is 14.2 Å². The average molecular weight is 457 g/mol. The van der Waals surface area contributed by atoms with Gasteiger partial charge in [-0.3, -0.25) is 0 Å². The van der Waals surface area contributed by atoms with Crippen LogP contribution in [0.3, 0.4) is 0 Å². The van der Waals surface area contributed by atoms with Gasteiger partial charge in [0, 0.05) is 0 Å². The maximum Gasteiger partial charge on any atom is 0.343 e. The molecule has 0 heterocycles. The van der Waals surface area contributed by atoms with Crippen molar-refractivity contribution in [3.05, 3.63) is 59.7 Å². The van der Waals surface area contributed by atoms with Crippen molar-refractivity contribution in [2.75, 3.05) is 6.61 Å². The Bertz CT molecular complexity index is 886. The molecule has 33 heavy (non-hydrogen) atoms. The molecule has 1 fully saturated rings. The molecular formula is C27H33FO5. The van der Waals surface area contributed by atoms with Crippen molar-refractivity contribution in [3.63, 3.8) is 0 Å². The molecule has 1 atom stereocenters. The number of halogens is 1. The molecular weight excluding hydrogens is 423 g/mol. The lowest BCUT2D eigenvalue weighted by Crippen LogP contribution is -2.28. The first-order valence-electron chi connectivity index (χ1n) is 11.9. The monoisotopic (exact) mass is 456 g/mol. The summed E-state index contributed by atoms with van der Waals surface area (Å²) in [6.45, 7) is 4.44. The summed E-state index contributed by atoms with van der Waals surface area (Å²) in [5, 5.41) is 0. The molecule has 2 aromatic rings. The predicted octanol–water partition coefficient (Wildman–Crippen LogP) is 6.40. The van der Waals surface area contributed by atoms with E-state index in [1.165, 1.54) is 0 Å². The maximum absolute atomic E-state index is 13.8. The lowest BCUT2D eigenvalue weighted by molar-refractivity contribution is -0.157. The van der Waals surface area contributed by atoms with Gasteiger partial charge in [0.15, 0.2) is 6.17 Å². The molecule has 6 heteroatoms. The number of benzene rings is 2. The summed E-state index contributed by atoms with van der Waals surface area (Å²) in [5.74, 6) is 0.408. The second-order valence-corrected chi connectivity index (χ2v) is 8.44. The Balaban J connectivity index is 1.46. The van der Waals surface area contributed by atoms with E-state index < -0.39 is 18.1 Å². The van der Waals surface area contributed by atoms with E-state index in [1.807, 2.05) is 26.0 Å². The second-order valence-electron chi connectivity index (χ2n) is 8.44. The summed E-state index contributed by atoms with van der Waals surface area (Å²) < 4.78 is 30.1. The highest BCUT2D eigenvalue weighted by Crippen LogP contribution is 2.35. The first-order valence-corrected chi connectivity index (χ1v) is 11.9. The molecule has 0 radical (unpaired) electrons. The average Bonchev–Trinajstić information content (AvgIpc) is 2.84. The summed E-state index contributed by atoms with van der Waals surface area (Å²) in [4.78, 5) is 24.3. The molecule has 0 spiro atoms. The van der Waals surface area contributed by atoms with Crippen molar-refractivity contribution in [2.45, 2.75) is 77.0 Å². The lowest BCUT2D eigenvalue weighted by atomic mass is 9.83. The van der Waals surface area contributed by atoms with Crippen LogP contribution in [0.5, 0.6) is 11.5 Å². The van der Waals surface area contributed by atoms with Gasteiger partial charge in [-0.1, -0.05) is 31.9 Å². The number of alkyl halides is 1. The van der Waals surface area contributed by atoms with E-state index >= 15 is 0 Å². The van der Waals surface area contributed by atoms with Crippen molar-refractivity contribution >= 4 is 11.9 Å². The number of esters is 2. The predicted molar refractivity (Wildman–Crippen MR) is 125 cm³/mol. The number of carbonyl (C=O) groups is 2. The minimum absolute atomic E-state index is 0.206. The zero-order valence-corrected chi connectivity index (χ0v) is 19.4. The Morgan fingerprint density at radius 3 is 2.18 bits per heavy atom. The largest absolute Gasteiger partial charge is 0.494 e. The van der Waals surface area contributed by atoms with Crippen molar-refractivity contribution < 1.29 is 28.2 Å². The maximum atomic E-state index is 13.8. The fraction of sp³-hybridized carbons (Fsp3) is 0.481. The van der Waals surface area contributed by atoms with Crippen LogP contribution >= 0.6 is 0 Å². The zero-order valence-electron chi connectivity index (χ0n) is 19.4. The van der Waals surface area contributed by atoms with Crippen molar-refractivity contribution in [2.24, 2.45) is 0 Å². The number of carbonyl (C=O) groups excluding carboxylic acids is 2. The minimum atomic E-state index is -1.51. The van der Waals surface area contributed by atoms with Crippen molar-refractivity contribution in [1.29, 1.82) is 0 Å². The Morgan fingerprint density at radius 1 is 0.939 bits per heavy atom. The second kappa shape index (κ2) is 12.4. The third-order valence-corrected chi connectivity index (χ3v) is 5.99. The van der Waals surface area contributed by atoms with Gasteiger partial charge in [0.25, 0.3) is 0 Å². The molecule has 0 bridgehead atoms. The normalized spacial score (nSPS) is 18.9. The van der Waals surface area contributed by atoms with Crippen LogP contribution in [0.2, 0.25) is 0 Å². The van der Waals surface area contributed by atoms with E-state index in [1.54, 1.807) is 36.4 Å². The molecule has 0 aromatic heterocycles. The summed E-state index contributed by atoms with van der Waals surface area (Å²) in [6.07, 6.45) is 3.26. The smallest absolute Gasteiger partial charge is 0.343 e. The highest BCUT2D eigenvalue weighted by molar-refractivity contribution is 5.91. The van der Waals surface area contributed by atoms with E-state index in [4.69, 9.17) is 14.2 Å². The van der Waals surface area contributed by atoms with Gasteiger partial charge in [-0.15, -0.1) is 0 Å². The number of hydrogen-bond acceptors (Lipinski definition) is 5. The number of unbranched alkanes of at least 4 members (excludes halogenated alkanes) is 1. The first kappa shape index (κ1) is 24.7. The summed E-state index contributed by atoms with van der Waals surface area (Å²) in [6, 6.07) is 14.4. The van der Waals surface area contributed by atoms with E-state index in [0.717, 1.165) is 37.7 Å². The van der Waals surface area contributed by atoms with Gasteiger partial charge in [0.05, 0.1) is 12.2 Å². The molecule has 0 N–H and O–H groups in total. The Morgan fingerprint density at radius 2 is 1.58 bits per heavy atom. The van der Waals surface area contributed by atoms with Gasteiger partial charge in [-0.05, 0) is 86.9 Å². The van der Waals surface area contributed by atoms with Crippen LogP contribution in [-0.2, 0) is 9.53 Å². The van der Waals surface area contributed by atoms with Crippen LogP contribution in [0.25, 0.3) is 0 Å². The number of rotatable bonds is 10. The van der Waals surface area contributed by atoms with Gasteiger partial charge in [0.1, 0.15) is 17.6 Å². The summed E-state index contributed by atoms with van der Waals surface area (Å²) in [5.41, 5.74) is 1.62. The SMILES string of the molecule is CCCC[C@H](F)C(=O)OC1CCC(c2ccc(OC(=O)c3ccc(OCC)cc3)cc2)CC1. The molecule has 1 aliphatic rings. The molecule has 0 saturated heterocycles. The highest BCUT2D eigenvalue weighted by atomic mass is 19.1. The molecule has 2 aromatic carbocycles. The van der Waals surface area contributed by atoms with Crippen LogP contribution in [0.1, 0.15) is 80.6 Å². The van der Waals surface area contributed by atoms with Crippen molar-refractivity contribution in [3.8, 4) is 11.5 Å². The fourth-order valence-corrected chi connectivity index (χ4v) is 4.08. The number of ether oxygens (including phenoxy) is 3. The van der Waals surface area contributed by atoms with E-state index in [-0.39, 0.29) is 12.5 Å². The highest BCUT2D eigenvalue weighted by Gasteiger charge is 2.27. The van der Waals surface area contributed by atoms with E-state index in [2.05, 4.69) is 0 Å². The Labute approximate surface area is 195 Å². The van der Waals surface area contributed by atoms with E-state index in [0.29, 0.717) is 36.0 Å². The third kappa shape index (κ3) is 7.31. The molecule has 0 amide bonds. The molecule has 178 valence electrons. The molecule has 3 rings (SSSR count). The van der Waals surface area contributed by atoms with Gasteiger partial charge in [0.2, 0.25) is 0 Å². The van der Waals surface area contributed by atoms with Crippen LogP contribution in [0.4, 0.5) is 4.39 Å². The zero-order chi connectivity index (χ0) is 23.6. The van der Waals surface area contributed by atoms with Crippen LogP contribution in [0.15, 0.2) is 48.5 Å². The van der Waals surface area contributed by atoms with E-state index in [9.17, 15) is 14.0 Å². The Kier molecular flexibility index (Phi) is 9.28. The molecule has 1 aliphatic carbocycles. The lowest BCUT2D eigenvalue weighted by Gasteiger charge is -2.29. The molecule has 1 saturated carbocycles. The molecule has 0 unspecified atom stereocenters. The molecule has 5 nitrogen and oxygen atoms in total. The van der Waals surface area contributed by atoms with Crippen molar-refractivity contribution in [1.82, 2.24) is 0 Å². The number of hydrogen-bond donors (Lipinski definition) is 0. The van der Waals surface area contributed by atoms with Crippen LogP contribution in [0, 0.1) is 0 Å². The third-order valence-electron chi connectivity index (χ3n) is 5.99. The standard InChI is InChI=1S/C27H33FO5/c1-3-5-6-25(28)27(30)33-24-17-9-20(10-18-24)19-7-15-23(16-8-19)32-26(29)21-11-13-22(14-12-21)31-4-2/h7-8,11-16,20,24-25H,3-6,9-10,17-18H2,1-2H3/t20?,24?,25-/m0/s1. The topological polar surface area (TPSA) is 61.8 Å². The van der Waals surface area contributed by atoms with Gasteiger partial charge in [-0.2, -0.15) is 0 Å². The Hall–Kier alpha value is -2.89. The summed E-state index contributed by atoms with van der Waals surface area (Å²) >= 11 is 0. The quantitative estimate of drug-likeness (QED) is 0.306. The van der Waals surface area contributed by atoms with Gasteiger partial charge in [-0.25, -0.2) is 14.0 Å². The van der Waals surface area contributed by atoms with Crippen LogP contribution in [-0.4, -0.2) is 30.8 Å². The first-order chi connectivity index (χ1) is 16.0.